The zero-order valence-corrected chi connectivity index (χ0v) is 10.8. The second kappa shape index (κ2) is 4.86. The molecule has 0 radical (unpaired) electrons. The molecule has 2 rings (SSSR count). The summed E-state index contributed by atoms with van der Waals surface area (Å²) in [7, 11) is 0. The van der Waals surface area contributed by atoms with E-state index in [9.17, 15) is 14.7 Å². The van der Waals surface area contributed by atoms with Gasteiger partial charge in [-0.25, -0.2) is 0 Å². The quantitative estimate of drug-likeness (QED) is 0.748. The van der Waals surface area contributed by atoms with Gasteiger partial charge in [-0.05, 0) is 19.8 Å². The molecule has 0 aliphatic carbocycles. The molecule has 2 aliphatic heterocycles. The van der Waals surface area contributed by atoms with Crippen molar-refractivity contribution in [2.75, 3.05) is 24.7 Å². The highest BCUT2D eigenvalue weighted by Crippen LogP contribution is 2.30. The molecule has 2 atom stereocenters. The zero-order valence-electron chi connectivity index (χ0n) is 9.94. The number of hydrogen-bond acceptors (Lipinski definition) is 4. The molecule has 2 saturated heterocycles. The van der Waals surface area contributed by atoms with Crippen molar-refractivity contribution in [1.29, 1.82) is 0 Å². The molecule has 6 heteroatoms. The highest BCUT2D eigenvalue weighted by atomic mass is 32.2. The number of hydrogen-bond donors (Lipinski definition) is 2. The predicted octanol–water partition coefficient (Wildman–Crippen LogP) is 0.362. The van der Waals surface area contributed by atoms with Crippen LogP contribution in [0.5, 0.6) is 0 Å². The molecule has 1 amide bonds. The highest BCUT2D eigenvalue weighted by molar-refractivity contribution is 7.99. The normalized spacial score (nSPS) is 33.7. The lowest BCUT2D eigenvalue weighted by Crippen LogP contribution is -2.53. The van der Waals surface area contributed by atoms with E-state index in [4.69, 9.17) is 0 Å². The van der Waals surface area contributed by atoms with Crippen LogP contribution in [0.2, 0.25) is 0 Å². The largest absolute Gasteiger partial charge is 0.481 e. The summed E-state index contributed by atoms with van der Waals surface area (Å²) < 4.78 is 0. The Hall–Kier alpha value is -0.750. The van der Waals surface area contributed by atoms with Crippen molar-refractivity contribution >= 4 is 23.6 Å². The summed E-state index contributed by atoms with van der Waals surface area (Å²) in [5.41, 5.74) is -0.778. The van der Waals surface area contributed by atoms with Gasteiger partial charge in [0, 0.05) is 24.7 Å². The maximum Gasteiger partial charge on any atom is 0.311 e. The SMILES string of the molecule is CC1(C(=O)O)CCCN(C(=O)C2CSCN2)C1. The third kappa shape index (κ3) is 2.57. The van der Waals surface area contributed by atoms with Crippen molar-refractivity contribution in [1.82, 2.24) is 10.2 Å². The van der Waals surface area contributed by atoms with Crippen molar-refractivity contribution in [3.63, 3.8) is 0 Å². The number of amides is 1. The smallest absolute Gasteiger partial charge is 0.311 e. The van der Waals surface area contributed by atoms with Gasteiger partial charge in [0.2, 0.25) is 5.91 Å². The monoisotopic (exact) mass is 258 g/mol. The maximum atomic E-state index is 12.2. The van der Waals surface area contributed by atoms with Crippen molar-refractivity contribution in [2.24, 2.45) is 5.41 Å². The van der Waals surface area contributed by atoms with Gasteiger partial charge in [0.15, 0.2) is 0 Å². The number of likely N-dealkylation sites (tertiary alicyclic amines) is 1. The van der Waals surface area contributed by atoms with E-state index in [1.165, 1.54) is 0 Å². The van der Waals surface area contributed by atoms with Crippen molar-refractivity contribution in [3.8, 4) is 0 Å². The summed E-state index contributed by atoms with van der Waals surface area (Å²) in [6, 6.07) is -0.129. The van der Waals surface area contributed by atoms with E-state index in [0.29, 0.717) is 19.5 Å². The molecule has 2 heterocycles. The first-order chi connectivity index (χ1) is 8.03. The molecular weight excluding hydrogens is 240 g/mol. The lowest BCUT2D eigenvalue weighted by Gasteiger charge is -2.38. The fourth-order valence-electron chi connectivity index (χ4n) is 2.38. The maximum absolute atomic E-state index is 12.2. The van der Waals surface area contributed by atoms with Gasteiger partial charge >= 0.3 is 5.97 Å². The van der Waals surface area contributed by atoms with Crippen LogP contribution in [0.15, 0.2) is 0 Å². The Morgan fingerprint density at radius 1 is 1.53 bits per heavy atom. The van der Waals surface area contributed by atoms with E-state index in [2.05, 4.69) is 5.32 Å². The molecule has 2 aliphatic rings. The van der Waals surface area contributed by atoms with Gasteiger partial charge in [0.1, 0.15) is 0 Å². The number of aliphatic carboxylic acids is 1. The first-order valence-electron chi connectivity index (χ1n) is 5.86. The molecule has 0 aromatic rings. The van der Waals surface area contributed by atoms with E-state index in [-0.39, 0.29) is 11.9 Å². The first-order valence-corrected chi connectivity index (χ1v) is 7.02. The van der Waals surface area contributed by atoms with Crippen LogP contribution in [0.1, 0.15) is 19.8 Å². The van der Waals surface area contributed by atoms with E-state index >= 15 is 0 Å². The number of carbonyl (C=O) groups is 2. The number of carbonyl (C=O) groups excluding carboxylic acids is 1. The van der Waals surface area contributed by atoms with Crippen molar-refractivity contribution in [3.05, 3.63) is 0 Å². The molecule has 0 aromatic heterocycles. The molecule has 5 nitrogen and oxygen atoms in total. The summed E-state index contributed by atoms with van der Waals surface area (Å²) in [5.74, 6) is 0.852. The van der Waals surface area contributed by atoms with Crippen molar-refractivity contribution < 1.29 is 14.7 Å². The average Bonchev–Trinajstić information content (AvgIpc) is 2.81. The summed E-state index contributed by atoms with van der Waals surface area (Å²) in [4.78, 5) is 25.1. The zero-order chi connectivity index (χ0) is 12.5. The Balaban J connectivity index is 2.01. The number of piperidine rings is 1. The second-order valence-corrected chi connectivity index (χ2v) is 6.03. The Morgan fingerprint density at radius 2 is 2.29 bits per heavy atom. The van der Waals surface area contributed by atoms with Crippen LogP contribution in [-0.2, 0) is 9.59 Å². The first kappa shape index (κ1) is 12.7. The van der Waals surface area contributed by atoms with Gasteiger partial charge in [0.25, 0.3) is 0 Å². The van der Waals surface area contributed by atoms with E-state index in [1.807, 2.05) is 0 Å². The predicted molar refractivity (Wildman–Crippen MR) is 65.8 cm³/mol. The van der Waals surface area contributed by atoms with E-state index < -0.39 is 11.4 Å². The molecule has 17 heavy (non-hydrogen) atoms. The van der Waals surface area contributed by atoms with Crippen LogP contribution in [0.4, 0.5) is 0 Å². The summed E-state index contributed by atoms with van der Waals surface area (Å²) in [6.07, 6.45) is 1.42. The average molecular weight is 258 g/mol. The minimum Gasteiger partial charge on any atom is -0.481 e. The Labute approximate surface area is 105 Å². The fourth-order valence-corrected chi connectivity index (χ4v) is 3.31. The Morgan fingerprint density at radius 3 is 2.88 bits per heavy atom. The Bertz CT molecular complexity index is 331. The minimum absolute atomic E-state index is 0.0576. The minimum atomic E-state index is -0.802. The van der Waals surface area contributed by atoms with Crippen LogP contribution in [0, 0.1) is 5.41 Å². The lowest BCUT2D eigenvalue weighted by molar-refractivity contribution is -0.153. The summed E-state index contributed by atoms with van der Waals surface area (Å²) in [6.45, 7) is 2.75. The Kier molecular flexibility index (Phi) is 3.63. The molecule has 0 aromatic carbocycles. The van der Waals surface area contributed by atoms with Crippen LogP contribution < -0.4 is 5.32 Å². The van der Waals surface area contributed by atoms with Gasteiger partial charge in [-0.1, -0.05) is 0 Å². The molecule has 0 saturated carbocycles. The molecule has 2 N–H and O–H groups in total. The topological polar surface area (TPSA) is 69.6 Å². The lowest BCUT2D eigenvalue weighted by atomic mass is 9.82. The van der Waals surface area contributed by atoms with Gasteiger partial charge in [0.05, 0.1) is 11.5 Å². The third-order valence-corrected chi connectivity index (χ3v) is 4.48. The second-order valence-electron chi connectivity index (χ2n) is 5.00. The molecule has 96 valence electrons. The third-order valence-electron chi connectivity index (χ3n) is 3.54. The number of carboxylic acid groups (broad SMARTS) is 1. The molecular formula is C11H18N2O3S. The highest BCUT2D eigenvalue weighted by Gasteiger charge is 2.40. The van der Waals surface area contributed by atoms with Crippen LogP contribution >= 0.6 is 11.8 Å². The van der Waals surface area contributed by atoms with Gasteiger partial charge in [-0.3, -0.25) is 14.9 Å². The number of nitrogens with one attached hydrogen (secondary N) is 1. The van der Waals surface area contributed by atoms with Crippen LogP contribution in [0.3, 0.4) is 0 Å². The van der Waals surface area contributed by atoms with Gasteiger partial charge < -0.3 is 10.0 Å². The van der Waals surface area contributed by atoms with E-state index in [1.54, 1.807) is 23.6 Å². The van der Waals surface area contributed by atoms with Crippen molar-refractivity contribution in [2.45, 2.75) is 25.8 Å². The van der Waals surface area contributed by atoms with Crippen LogP contribution in [0.25, 0.3) is 0 Å². The summed E-state index contributed by atoms with van der Waals surface area (Å²) in [5, 5.41) is 12.3. The number of nitrogens with zero attached hydrogens (tertiary/aromatic N) is 1. The van der Waals surface area contributed by atoms with Crippen LogP contribution in [-0.4, -0.2) is 52.6 Å². The molecule has 0 bridgehead atoms. The molecule has 2 unspecified atom stereocenters. The number of carboxylic acids is 1. The number of thioether (sulfide) groups is 1. The van der Waals surface area contributed by atoms with Gasteiger partial charge in [-0.15, -0.1) is 11.8 Å². The molecule has 2 fully saturated rings. The molecule has 0 spiro atoms. The fraction of sp³-hybridized carbons (Fsp3) is 0.818. The summed E-state index contributed by atoms with van der Waals surface area (Å²) >= 11 is 1.71. The standard InChI is InChI=1S/C11H18N2O3S/c1-11(10(15)16)3-2-4-13(6-11)9(14)8-5-17-7-12-8/h8,12H,2-7H2,1H3,(H,15,16). The van der Waals surface area contributed by atoms with E-state index in [0.717, 1.165) is 18.1 Å². The van der Waals surface area contributed by atoms with Gasteiger partial charge in [-0.2, -0.15) is 0 Å². The number of rotatable bonds is 2.